The average Bonchev–Trinajstić information content (AvgIpc) is 2.64. The molecule has 2 aliphatic rings. The van der Waals surface area contributed by atoms with Crippen molar-refractivity contribution in [3.05, 3.63) is 42.9 Å². The zero-order valence-corrected chi connectivity index (χ0v) is 13.4. The van der Waals surface area contributed by atoms with E-state index >= 15 is 0 Å². The van der Waals surface area contributed by atoms with Crippen LogP contribution < -0.4 is 9.80 Å². The Morgan fingerprint density at radius 2 is 1.57 bits per heavy atom. The lowest BCUT2D eigenvalue weighted by molar-refractivity contribution is 0.177. The highest BCUT2D eigenvalue weighted by molar-refractivity contribution is 5.39. The number of hydrogen-bond acceptors (Lipinski definition) is 5. The maximum Gasteiger partial charge on any atom is 0.225 e. The largest absolute Gasteiger partial charge is 0.357 e. The van der Waals surface area contributed by atoms with Gasteiger partial charge in [0.05, 0.1) is 0 Å². The van der Waals surface area contributed by atoms with Crippen LogP contribution in [0.25, 0.3) is 0 Å². The number of piperidine rings is 2. The molecule has 4 rings (SSSR count). The first-order valence-corrected chi connectivity index (χ1v) is 8.53. The summed E-state index contributed by atoms with van der Waals surface area (Å²) in [5.41, 5.74) is 0.419. The van der Waals surface area contributed by atoms with E-state index in [-0.39, 0.29) is 0 Å². The predicted octanol–water partition coefficient (Wildman–Crippen LogP) is 2.76. The molecule has 2 aromatic rings. The Balaban J connectivity index is 1.44. The van der Waals surface area contributed by atoms with Gasteiger partial charge in [-0.05, 0) is 49.3 Å². The Kier molecular flexibility index (Phi) is 3.85. The van der Waals surface area contributed by atoms with E-state index in [0.29, 0.717) is 5.41 Å². The van der Waals surface area contributed by atoms with Crippen LogP contribution in [-0.4, -0.2) is 41.1 Å². The second kappa shape index (κ2) is 6.14. The highest BCUT2D eigenvalue weighted by Gasteiger charge is 2.39. The summed E-state index contributed by atoms with van der Waals surface area (Å²) in [6.45, 7) is 4.36. The third kappa shape index (κ3) is 3.00. The van der Waals surface area contributed by atoms with E-state index < -0.39 is 0 Å². The van der Waals surface area contributed by atoms with Crippen molar-refractivity contribution >= 4 is 11.8 Å². The summed E-state index contributed by atoms with van der Waals surface area (Å²) < 4.78 is 0. The molecule has 1 spiro atoms. The van der Waals surface area contributed by atoms with E-state index in [1.807, 2.05) is 30.7 Å². The Morgan fingerprint density at radius 1 is 0.783 bits per heavy atom. The van der Waals surface area contributed by atoms with Gasteiger partial charge in [-0.15, -0.1) is 0 Å². The molecule has 0 bridgehead atoms. The lowest BCUT2D eigenvalue weighted by Gasteiger charge is -2.47. The van der Waals surface area contributed by atoms with Crippen LogP contribution in [0, 0.1) is 5.41 Å². The number of aromatic nitrogens is 3. The van der Waals surface area contributed by atoms with Gasteiger partial charge >= 0.3 is 0 Å². The van der Waals surface area contributed by atoms with Gasteiger partial charge in [0.25, 0.3) is 0 Å². The van der Waals surface area contributed by atoms with Gasteiger partial charge in [0.2, 0.25) is 5.95 Å². The first-order chi connectivity index (χ1) is 11.3. The topological polar surface area (TPSA) is 45.2 Å². The fraction of sp³-hybridized carbons (Fsp3) is 0.500. The van der Waals surface area contributed by atoms with Crippen molar-refractivity contribution in [2.24, 2.45) is 5.41 Å². The van der Waals surface area contributed by atoms with Crippen molar-refractivity contribution in [3.8, 4) is 0 Å². The molecule has 23 heavy (non-hydrogen) atoms. The maximum atomic E-state index is 4.49. The van der Waals surface area contributed by atoms with Crippen LogP contribution >= 0.6 is 0 Å². The number of anilines is 2. The summed E-state index contributed by atoms with van der Waals surface area (Å²) in [5, 5.41) is 0. The maximum absolute atomic E-state index is 4.49. The lowest BCUT2D eigenvalue weighted by atomic mass is 9.72. The molecular formula is C18H23N5. The fourth-order valence-corrected chi connectivity index (χ4v) is 3.99. The molecule has 0 saturated carbocycles. The molecule has 4 heterocycles. The third-order valence-corrected chi connectivity index (χ3v) is 5.29. The van der Waals surface area contributed by atoms with Crippen LogP contribution in [0.4, 0.5) is 11.8 Å². The van der Waals surface area contributed by atoms with Gasteiger partial charge in [0.15, 0.2) is 0 Å². The molecule has 5 nitrogen and oxygen atoms in total. The van der Waals surface area contributed by atoms with Gasteiger partial charge < -0.3 is 9.80 Å². The second-order valence-electron chi connectivity index (χ2n) is 6.75. The SMILES string of the molecule is c1ccc(N2CCC3(CCCN(c4ncccn4)C3)CC2)nc1. The Bertz CT molecular complexity index is 622. The molecule has 2 saturated heterocycles. The van der Waals surface area contributed by atoms with Crippen molar-refractivity contribution in [2.45, 2.75) is 25.7 Å². The van der Waals surface area contributed by atoms with Gasteiger partial charge in [-0.3, -0.25) is 0 Å². The Labute approximate surface area is 137 Å². The molecule has 2 aliphatic heterocycles. The van der Waals surface area contributed by atoms with Gasteiger partial charge in [-0.1, -0.05) is 6.07 Å². The quantitative estimate of drug-likeness (QED) is 0.853. The number of hydrogen-bond donors (Lipinski definition) is 0. The van der Waals surface area contributed by atoms with Crippen molar-refractivity contribution < 1.29 is 0 Å². The average molecular weight is 309 g/mol. The molecular weight excluding hydrogens is 286 g/mol. The molecule has 0 aliphatic carbocycles. The second-order valence-corrected chi connectivity index (χ2v) is 6.75. The minimum atomic E-state index is 0.419. The summed E-state index contributed by atoms with van der Waals surface area (Å²) in [4.78, 5) is 18.2. The first kappa shape index (κ1) is 14.4. The minimum Gasteiger partial charge on any atom is -0.357 e. The third-order valence-electron chi connectivity index (χ3n) is 5.29. The monoisotopic (exact) mass is 309 g/mol. The van der Waals surface area contributed by atoms with E-state index in [2.05, 4.69) is 36.9 Å². The number of rotatable bonds is 2. The highest BCUT2D eigenvalue weighted by Crippen LogP contribution is 2.41. The van der Waals surface area contributed by atoms with Crippen molar-refractivity contribution in [3.63, 3.8) is 0 Å². The Hall–Kier alpha value is -2.17. The van der Waals surface area contributed by atoms with Crippen molar-refractivity contribution in [1.82, 2.24) is 15.0 Å². The summed E-state index contributed by atoms with van der Waals surface area (Å²) in [5.74, 6) is 2.00. The van der Waals surface area contributed by atoms with Crippen LogP contribution in [0.5, 0.6) is 0 Å². The van der Waals surface area contributed by atoms with Crippen LogP contribution in [0.1, 0.15) is 25.7 Å². The summed E-state index contributed by atoms with van der Waals surface area (Å²) >= 11 is 0. The summed E-state index contributed by atoms with van der Waals surface area (Å²) in [6, 6.07) is 8.05. The van der Waals surface area contributed by atoms with Gasteiger partial charge in [0, 0.05) is 44.8 Å². The molecule has 0 aromatic carbocycles. The van der Waals surface area contributed by atoms with E-state index in [0.717, 1.165) is 37.9 Å². The molecule has 2 fully saturated rings. The summed E-state index contributed by atoms with van der Waals surface area (Å²) in [6.07, 6.45) is 10.6. The Morgan fingerprint density at radius 3 is 2.30 bits per heavy atom. The van der Waals surface area contributed by atoms with Crippen molar-refractivity contribution in [1.29, 1.82) is 0 Å². The fourth-order valence-electron chi connectivity index (χ4n) is 3.99. The molecule has 5 heteroatoms. The molecule has 120 valence electrons. The molecule has 0 radical (unpaired) electrons. The van der Waals surface area contributed by atoms with E-state index in [9.17, 15) is 0 Å². The van der Waals surface area contributed by atoms with Crippen LogP contribution in [0.3, 0.4) is 0 Å². The molecule has 0 atom stereocenters. The van der Waals surface area contributed by atoms with E-state index in [1.54, 1.807) is 0 Å². The molecule has 0 amide bonds. The zero-order valence-electron chi connectivity index (χ0n) is 13.4. The molecule has 0 unspecified atom stereocenters. The van der Waals surface area contributed by atoms with E-state index in [1.165, 1.54) is 25.7 Å². The van der Waals surface area contributed by atoms with Crippen LogP contribution in [0.15, 0.2) is 42.9 Å². The zero-order chi connectivity index (χ0) is 15.5. The lowest BCUT2D eigenvalue weighted by Crippen LogP contribution is -2.50. The van der Waals surface area contributed by atoms with Crippen molar-refractivity contribution in [2.75, 3.05) is 36.0 Å². The number of pyridine rings is 1. The summed E-state index contributed by atoms with van der Waals surface area (Å²) in [7, 11) is 0. The predicted molar refractivity (Wildman–Crippen MR) is 91.6 cm³/mol. The molecule has 0 N–H and O–H groups in total. The van der Waals surface area contributed by atoms with Crippen LogP contribution in [0.2, 0.25) is 0 Å². The smallest absolute Gasteiger partial charge is 0.225 e. The number of nitrogens with zero attached hydrogens (tertiary/aromatic N) is 5. The highest BCUT2D eigenvalue weighted by atomic mass is 15.3. The van der Waals surface area contributed by atoms with Crippen LogP contribution in [-0.2, 0) is 0 Å². The van der Waals surface area contributed by atoms with E-state index in [4.69, 9.17) is 0 Å². The first-order valence-electron chi connectivity index (χ1n) is 8.53. The standard InChI is InChI=1S/C18H23N5/c1-2-9-19-16(5-1)22-13-7-18(8-14-22)6-3-12-23(15-18)17-20-10-4-11-21-17/h1-2,4-5,9-11H,3,6-8,12-15H2. The normalized spacial score (nSPS) is 20.7. The van der Waals surface area contributed by atoms with Gasteiger partial charge in [-0.25, -0.2) is 15.0 Å². The van der Waals surface area contributed by atoms with Gasteiger partial charge in [0.1, 0.15) is 5.82 Å². The minimum absolute atomic E-state index is 0.419. The van der Waals surface area contributed by atoms with Gasteiger partial charge in [-0.2, -0.15) is 0 Å². The molecule has 2 aromatic heterocycles.